The van der Waals surface area contributed by atoms with E-state index in [0.717, 1.165) is 36.3 Å². The molecule has 1 fully saturated rings. The lowest BCUT2D eigenvalue weighted by atomic mass is 9.82. The van der Waals surface area contributed by atoms with Crippen LogP contribution in [-0.4, -0.2) is 55.2 Å². The summed E-state index contributed by atoms with van der Waals surface area (Å²) in [6, 6.07) is 6.48. The predicted octanol–water partition coefficient (Wildman–Crippen LogP) is 5.43. The Morgan fingerprint density at radius 3 is 2.53 bits per heavy atom. The van der Waals surface area contributed by atoms with Crippen molar-refractivity contribution in [2.45, 2.75) is 32.0 Å². The second kappa shape index (κ2) is 10.7. The molecule has 1 aliphatic carbocycles. The molecule has 0 bridgehead atoms. The molecule has 2 unspecified atom stereocenters. The van der Waals surface area contributed by atoms with Gasteiger partial charge in [0.25, 0.3) is 0 Å². The molecule has 4 aliphatic rings. The maximum atomic E-state index is 15.6. The van der Waals surface area contributed by atoms with Gasteiger partial charge in [0.2, 0.25) is 5.95 Å². The van der Waals surface area contributed by atoms with Crippen LogP contribution < -0.4 is 9.64 Å². The fourth-order valence-electron chi connectivity index (χ4n) is 5.43. The molecule has 198 valence electrons. The molecular formula is C28H27F3N4O3. The summed E-state index contributed by atoms with van der Waals surface area (Å²) in [6.07, 6.45) is 8.39. The van der Waals surface area contributed by atoms with E-state index in [4.69, 9.17) is 14.5 Å². The van der Waals surface area contributed by atoms with Gasteiger partial charge in [-0.15, -0.1) is 0 Å². The van der Waals surface area contributed by atoms with E-state index < -0.39 is 6.61 Å². The summed E-state index contributed by atoms with van der Waals surface area (Å²) >= 11 is 0. The summed E-state index contributed by atoms with van der Waals surface area (Å²) in [7, 11) is 0. The van der Waals surface area contributed by atoms with Crippen LogP contribution in [0.3, 0.4) is 0 Å². The van der Waals surface area contributed by atoms with Gasteiger partial charge in [-0.3, -0.25) is 4.99 Å². The summed E-state index contributed by atoms with van der Waals surface area (Å²) in [5, 5.41) is 0. The first kappa shape index (κ1) is 24.8. The highest BCUT2D eigenvalue weighted by atomic mass is 19.3. The minimum absolute atomic E-state index is 0.0872. The Morgan fingerprint density at radius 2 is 1.79 bits per heavy atom. The number of ether oxygens (including phenoxy) is 3. The van der Waals surface area contributed by atoms with Crippen LogP contribution >= 0.6 is 0 Å². The molecule has 6 rings (SSSR count). The highest BCUT2D eigenvalue weighted by Gasteiger charge is 2.38. The van der Waals surface area contributed by atoms with Crippen LogP contribution in [0.15, 0.2) is 70.9 Å². The lowest BCUT2D eigenvalue weighted by molar-refractivity contribution is -0.0498. The second-order valence-corrected chi connectivity index (χ2v) is 9.50. The molecule has 1 aromatic heterocycles. The Bertz CT molecular complexity index is 1300. The molecular weight excluding hydrogens is 497 g/mol. The molecule has 1 saturated heterocycles. The lowest BCUT2D eigenvalue weighted by Gasteiger charge is -2.29. The Hall–Kier alpha value is -3.50. The Morgan fingerprint density at radius 1 is 1.03 bits per heavy atom. The normalized spacial score (nSPS) is 23.7. The lowest BCUT2D eigenvalue weighted by Crippen LogP contribution is -2.37. The molecule has 4 heterocycles. The quantitative estimate of drug-likeness (QED) is 0.520. The first-order valence-corrected chi connectivity index (χ1v) is 12.8. The van der Waals surface area contributed by atoms with E-state index in [1.54, 1.807) is 24.5 Å². The van der Waals surface area contributed by atoms with Crippen molar-refractivity contribution < 1.29 is 27.4 Å². The van der Waals surface area contributed by atoms with E-state index in [1.165, 1.54) is 18.2 Å². The fourth-order valence-corrected chi connectivity index (χ4v) is 5.43. The highest BCUT2D eigenvalue weighted by molar-refractivity contribution is 6.04. The van der Waals surface area contributed by atoms with E-state index >= 15 is 4.39 Å². The molecule has 2 atom stereocenters. The molecule has 10 heteroatoms. The van der Waals surface area contributed by atoms with Crippen LogP contribution in [0.1, 0.15) is 36.5 Å². The third-order valence-corrected chi connectivity index (χ3v) is 7.22. The number of anilines is 1. The van der Waals surface area contributed by atoms with Gasteiger partial charge >= 0.3 is 6.61 Å². The van der Waals surface area contributed by atoms with E-state index in [0.29, 0.717) is 55.5 Å². The predicted molar refractivity (Wildman–Crippen MR) is 136 cm³/mol. The Kier molecular flexibility index (Phi) is 6.99. The van der Waals surface area contributed by atoms with Gasteiger partial charge in [-0.25, -0.2) is 14.4 Å². The third-order valence-electron chi connectivity index (χ3n) is 7.22. The largest absolute Gasteiger partial charge is 0.435 e. The van der Waals surface area contributed by atoms with Gasteiger partial charge in [0, 0.05) is 54.7 Å². The number of fused-ring (bicyclic) bond motifs is 2. The molecule has 0 radical (unpaired) electrons. The summed E-state index contributed by atoms with van der Waals surface area (Å²) in [4.78, 5) is 15.8. The topological polar surface area (TPSA) is 69.1 Å². The van der Waals surface area contributed by atoms with Crippen LogP contribution in [-0.2, 0) is 9.47 Å². The maximum Gasteiger partial charge on any atom is 0.387 e. The summed E-state index contributed by atoms with van der Waals surface area (Å²) in [6.45, 7) is 0.334. The van der Waals surface area contributed by atoms with Crippen molar-refractivity contribution in [1.29, 1.82) is 0 Å². The van der Waals surface area contributed by atoms with Crippen LogP contribution in [0, 0.1) is 5.92 Å². The van der Waals surface area contributed by atoms with Gasteiger partial charge in [-0.05, 0) is 42.2 Å². The molecule has 0 spiro atoms. The first-order chi connectivity index (χ1) is 18.6. The third kappa shape index (κ3) is 4.98. The van der Waals surface area contributed by atoms with Crippen LogP contribution in [0.2, 0.25) is 0 Å². The van der Waals surface area contributed by atoms with Crippen molar-refractivity contribution in [2.24, 2.45) is 10.9 Å². The maximum absolute atomic E-state index is 15.6. The fraction of sp³-hybridized carbons (Fsp3) is 0.393. The van der Waals surface area contributed by atoms with Crippen LogP contribution in [0.4, 0.5) is 19.1 Å². The number of hydrogen-bond donors (Lipinski definition) is 0. The molecule has 38 heavy (non-hydrogen) atoms. The minimum atomic E-state index is -2.88. The van der Waals surface area contributed by atoms with Crippen LogP contribution in [0.25, 0.3) is 5.57 Å². The zero-order chi connectivity index (χ0) is 26.1. The molecule has 0 saturated carbocycles. The minimum Gasteiger partial charge on any atom is -0.435 e. The number of aliphatic imine (C=N–C) groups is 1. The summed E-state index contributed by atoms with van der Waals surface area (Å²) in [5.74, 6) is 0.246. The number of rotatable bonds is 5. The van der Waals surface area contributed by atoms with Gasteiger partial charge in [0.05, 0.1) is 25.5 Å². The number of morpholine rings is 1. The van der Waals surface area contributed by atoms with Gasteiger partial charge in [-0.1, -0.05) is 18.2 Å². The Balaban J connectivity index is 1.22. The van der Waals surface area contributed by atoms with Crippen molar-refractivity contribution in [3.8, 4) is 5.75 Å². The molecule has 2 aromatic rings. The molecule has 1 aromatic carbocycles. The van der Waals surface area contributed by atoms with E-state index in [1.807, 2.05) is 6.08 Å². The Labute approximate surface area is 218 Å². The van der Waals surface area contributed by atoms with E-state index in [9.17, 15) is 8.78 Å². The van der Waals surface area contributed by atoms with Crippen molar-refractivity contribution >= 4 is 17.2 Å². The monoisotopic (exact) mass is 524 g/mol. The van der Waals surface area contributed by atoms with Gasteiger partial charge < -0.3 is 19.1 Å². The molecule has 7 nitrogen and oxygen atoms in total. The number of benzene rings is 1. The summed E-state index contributed by atoms with van der Waals surface area (Å²) in [5.41, 5.74) is 4.53. The van der Waals surface area contributed by atoms with Crippen molar-refractivity contribution in [1.82, 2.24) is 9.97 Å². The second-order valence-electron chi connectivity index (χ2n) is 9.50. The molecule has 0 N–H and O–H groups in total. The number of nitrogens with zero attached hydrogens (tertiary/aromatic N) is 4. The zero-order valence-electron chi connectivity index (χ0n) is 20.7. The van der Waals surface area contributed by atoms with Crippen molar-refractivity contribution in [2.75, 3.05) is 37.8 Å². The number of hydrogen-bond acceptors (Lipinski definition) is 7. The number of halogens is 3. The SMILES string of the molecule is FC1=CC2=NC3=C(C2CCC=C1c1cnc(N2CCOCC2)nc1)C(c1ccc(OC(F)F)cc1)OCC3. The van der Waals surface area contributed by atoms with Gasteiger partial charge in [0.15, 0.2) is 0 Å². The van der Waals surface area contributed by atoms with E-state index in [2.05, 4.69) is 19.6 Å². The van der Waals surface area contributed by atoms with Gasteiger partial charge in [0.1, 0.15) is 17.7 Å². The van der Waals surface area contributed by atoms with Crippen molar-refractivity contribution in [3.63, 3.8) is 0 Å². The molecule has 3 aliphatic heterocycles. The number of alkyl halides is 2. The van der Waals surface area contributed by atoms with Crippen molar-refractivity contribution in [3.05, 3.63) is 77.0 Å². The first-order valence-electron chi connectivity index (χ1n) is 12.8. The zero-order valence-corrected chi connectivity index (χ0v) is 20.7. The van der Waals surface area contributed by atoms with E-state index in [-0.39, 0.29) is 23.6 Å². The number of aromatic nitrogens is 2. The van der Waals surface area contributed by atoms with Crippen LogP contribution in [0.5, 0.6) is 5.75 Å². The average Bonchev–Trinajstić information content (AvgIpc) is 3.27. The number of allylic oxidation sites excluding steroid dienone is 4. The van der Waals surface area contributed by atoms with Gasteiger partial charge in [-0.2, -0.15) is 8.78 Å². The summed E-state index contributed by atoms with van der Waals surface area (Å²) < 4.78 is 56.7. The molecule has 0 amide bonds. The smallest absolute Gasteiger partial charge is 0.387 e. The standard InChI is InChI=1S/C28H27F3N4O3/c29-22-14-24-21(3-1-2-20(22)18-15-32-28(33-16-18)35-9-12-36-13-10-35)25-23(34-24)8-11-37-26(25)17-4-6-19(7-5-17)38-27(30)31/h2,4-7,14-16,21,26-27H,1,3,8-13H2. The average molecular weight is 525 g/mol. The highest BCUT2D eigenvalue weighted by Crippen LogP contribution is 2.46.